The Balaban J connectivity index is 2.17. The molecule has 1 saturated carbocycles. The molecule has 3 nitrogen and oxygen atoms in total. The highest BCUT2D eigenvalue weighted by molar-refractivity contribution is 5.84. The predicted octanol–water partition coefficient (Wildman–Crippen LogP) is 3.85. The summed E-state index contributed by atoms with van der Waals surface area (Å²) >= 11 is 0. The summed E-state index contributed by atoms with van der Waals surface area (Å²) in [6.45, 7) is 10.5. The van der Waals surface area contributed by atoms with Crippen molar-refractivity contribution in [2.24, 2.45) is 17.3 Å². The molecule has 1 aliphatic rings. The monoisotopic (exact) mass is 262 g/mol. The van der Waals surface area contributed by atoms with Crippen molar-refractivity contribution < 1.29 is 4.79 Å². The summed E-state index contributed by atoms with van der Waals surface area (Å²) in [6.07, 6.45) is 5.17. The van der Waals surface area contributed by atoms with Crippen LogP contribution in [0.25, 0.3) is 0 Å². The van der Waals surface area contributed by atoms with E-state index in [4.69, 9.17) is 0 Å². The van der Waals surface area contributed by atoms with Gasteiger partial charge in [0.15, 0.2) is 0 Å². The number of rotatable bonds is 3. The van der Waals surface area contributed by atoms with E-state index >= 15 is 0 Å². The smallest absolute Gasteiger partial charge is 0.140 e. The standard InChI is InChI=1S/C16H26N2O/c1-10-9-17-15(18-10)13-8-6-7-12(13)14(19)11(2)16(3,4)5/h9,11-13H,6-8H2,1-5H3,(H,17,18). The molecule has 3 atom stereocenters. The molecule has 0 radical (unpaired) electrons. The van der Waals surface area contributed by atoms with Gasteiger partial charge in [-0.15, -0.1) is 0 Å². The minimum absolute atomic E-state index is 0.0449. The Morgan fingerprint density at radius 3 is 2.63 bits per heavy atom. The number of aromatic nitrogens is 2. The second-order valence-corrected chi connectivity index (χ2v) is 7.06. The first-order chi connectivity index (χ1) is 8.80. The summed E-state index contributed by atoms with van der Waals surface area (Å²) < 4.78 is 0. The minimum Gasteiger partial charge on any atom is -0.348 e. The van der Waals surface area contributed by atoms with Gasteiger partial charge in [0.25, 0.3) is 0 Å². The fraction of sp³-hybridized carbons (Fsp3) is 0.750. The highest BCUT2D eigenvalue weighted by Gasteiger charge is 2.40. The third-order valence-electron chi connectivity index (χ3n) is 4.68. The van der Waals surface area contributed by atoms with E-state index in [0.29, 0.717) is 11.7 Å². The molecule has 1 aliphatic carbocycles. The number of H-pyrrole nitrogens is 1. The van der Waals surface area contributed by atoms with Gasteiger partial charge in [0.05, 0.1) is 5.69 Å². The Morgan fingerprint density at radius 1 is 1.42 bits per heavy atom. The van der Waals surface area contributed by atoms with Crippen LogP contribution in [0.5, 0.6) is 0 Å². The van der Waals surface area contributed by atoms with E-state index in [1.807, 2.05) is 13.1 Å². The Morgan fingerprint density at radius 2 is 2.11 bits per heavy atom. The van der Waals surface area contributed by atoms with Gasteiger partial charge in [-0.1, -0.05) is 34.1 Å². The maximum absolute atomic E-state index is 12.7. The summed E-state index contributed by atoms with van der Waals surface area (Å²) in [4.78, 5) is 20.5. The van der Waals surface area contributed by atoms with Gasteiger partial charge in [0, 0.05) is 24.0 Å². The number of ketones is 1. The molecule has 1 heterocycles. The van der Waals surface area contributed by atoms with E-state index in [1.54, 1.807) is 0 Å². The molecular weight excluding hydrogens is 236 g/mol. The first kappa shape index (κ1) is 14.3. The SMILES string of the molecule is Cc1c[nH]c(C2CCCC2C(=O)C(C)C(C)(C)C)n1. The molecular formula is C16H26N2O. The fourth-order valence-corrected chi connectivity index (χ4v) is 3.00. The number of imidazole rings is 1. The quantitative estimate of drug-likeness (QED) is 0.899. The Hall–Kier alpha value is -1.12. The number of hydrogen-bond acceptors (Lipinski definition) is 2. The molecule has 0 amide bonds. The molecule has 1 fully saturated rings. The number of carbonyl (C=O) groups excluding carboxylic acids is 1. The van der Waals surface area contributed by atoms with E-state index in [9.17, 15) is 4.79 Å². The highest BCUT2D eigenvalue weighted by atomic mass is 16.1. The van der Waals surface area contributed by atoms with Gasteiger partial charge in [-0.05, 0) is 25.2 Å². The van der Waals surface area contributed by atoms with Crippen molar-refractivity contribution in [1.29, 1.82) is 0 Å². The van der Waals surface area contributed by atoms with Crippen LogP contribution in [0, 0.1) is 24.2 Å². The lowest BCUT2D eigenvalue weighted by atomic mass is 9.74. The van der Waals surface area contributed by atoms with Crippen LogP contribution in [0.15, 0.2) is 6.20 Å². The Kier molecular flexibility index (Phi) is 3.84. The Labute approximate surface area is 116 Å². The maximum atomic E-state index is 12.7. The zero-order valence-corrected chi connectivity index (χ0v) is 12.8. The average molecular weight is 262 g/mol. The minimum atomic E-state index is 0.0449. The summed E-state index contributed by atoms with van der Waals surface area (Å²) in [5.41, 5.74) is 1.06. The third kappa shape index (κ3) is 2.90. The fourth-order valence-electron chi connectivity index (χ4n) is 3.00. The van der Waals surface area contributed by atoms with Crippen LogP contribution in [0.4, 0.5) is 0 Å². The predicted molar refractivity (Wildman–Crippen MR) is 77.0 cm³/mol. The first-order valence-electron chi connectivity index (χ1n) is 7.36. The van der Waals surface area contributed by atoms with Gasteiger partial charge >= 0.3 is 0 Å². The number of aromatic amines is 1. The summed E-state index contributed by atoms with van der Waals surface area (Å²) in [6, 6.07) is 0. The summed E-state index contributed by atoms with van der Waals surface area (Å²) in [7, 11) is 0. The molecule has 0 bridgehead atoms. The number of hydrogen-bond donors (Lipinski definition) is 1. The van der Waals surface area contributed by atoms with Gasteiger partial charge in [-0.3, -0.25) is 4.79 Å². The normalized spacial score (nSPS) is 25.5. The lowest BCUT2D eigenvalue weighted by Crippen LogP contribution is -2.32. The number of nitrogens with one attached hydrogen (secondary N) is 1. The number of nitrogens with zero attached hydrogens (tertiary/aromatic N) is 1. The highest BCUT2D eigenvalue weighted by Crippen LogP contribution is 2.42. The van der Waals surface area contributed by atoms with Gasteiger partial charge in [0.1, 0.15) is 11.6 Å². The molecule has 106 valence electrons. The zero-order chi connectivity index (χ0) is 14.2. The molecule has 0 aromatic carbocycles. The van der Waals surface area contributed by atoms with E-state index in [2.05, 4.69) is 37.7 Å². The molecule has 1 N–H and O–H groups in total. The molecule has 1 aromatic rings. The van der Waals surface area contributed by atoms with Crippen molar-refractivity contribution in [3.8, 4) is 0 Å². The van der Waals surface area contributed by atoms with E-state index in [1.165, 1.54) is 0 Å². The first-order valence-corrected chi connectivity index (χ1v) is 7.36. The zero-order valence-electron chi connectivity index (χ0n) is 12.8. The summed E-state index contributed by atoms with van der Waals surface area (Å²) in [5.74, 6) is 1.98. The molecule has 0 saturated heterocycles. The van der Waals surface area contributed by atoms with E-state index < -0.39 is 0 Å². The molecule has 0 spiro atoms. The van der Waals surface area contributed by atoms with E-state index in [0.717, 1.165) is 30.8 Å². The lowest BCUT2D eigenvalue weighted by molar-refractivity contribution is -0.129. The maximum Gasteiger partial charge on any atom is 0.140 e. The number of aryl methyl sites for hydroxylation is 1. The molecule has 3 heteroatoms. The van der Waals surface area contributed by atoms with Gasteiger partial charge in [-0.25, -0.2) is 4.98 Å². The van der Waals surface area contributed by atoms with Crippen molar-refractivity contribution in [2.75, 3.05) is 0 Å². The number of carbonyl (C=O) groups is 1. The van der Waals surface area contributed by atoms with E-state index in [-0.39, 0.29) is 17.3 Å². The average Bonchev–Trinajstić information content (AvgIpc) is 2.93. The van der Waals surface area contributed by atoms with Crippen LogP contribution < -0.4 is 0 Å². The van der Waals surface area contributed by atoms with Crippen molar-refractivity contribution in [3.63, 3.8) is 0 Å². The largest absolute Gasteiger partial charge is 0.348 e. The van der Waals surface area contributed by atoms with Crippen molar-refractivity contribution >= 4 is 5.78 Å². The lowest BCUT2D eigenvalue weighted by Gasteiger charge is -2.29. The number of Topliss-reactive ketones (excluding diaryl/α,β-unsaturated/α-hetero) is 1. The van der Waals surface area contributed by atoms with Gasteiger partial charge in [0.2, 0.25) is 0 Å². The molecule has 3 unspecified atom stereocenters. The van der Waals surface area contributed by atoms with Crippen molar-refractivity contribution in [3.05, 3.63) is 17.7 Å². The third-order valence-corrected chi connectivity index (χ3v) is 4.68. The second kappa shape index (κ2) is 5.10. The molecule has 2 rings (SSSR count). The van der Waals surface area contributed by atoms with Crippen LogP contribution in [0.3, 0.4) is 0 Å². The van der Waals surface area contributed by atoms with Crippen LogP contribution >= 0.6 is 0 Å². The second-order valence-electron chi connectivity index (χ2n) is 7.06. The topological polar surface area (TPSA) is 45.8 Å². The van der Waals surface area contributed by atoms with Crippen molar-refractivity contribution in [1.82, 2.24) is 9.97 Å². The van der Waals surface area contributed by atoms with Crippen LogP contribution in [-0.4, -0.2) is 15.8 Å². The van der Waals surface area contributed by atoms with Gasteiger partial charge in [-0.2, -0.15) is 0 Å². The molecule has 1 aromatic heterocycles. The van der Waals surface area contributed by atoms with Crippen molar-refractivity contribution in [2.45, 2.75) is 59.8 Å². The van der Waals surface area contributed by atoms with Crippen LogP contribution in [0.2, 0.25) is 0 Å². The van der Waals surface area contributed by atoms with Crippen LogP contribution in [-0.2, 0) is 4.79 Å². The van der Waals surface area contributed by atoms with Gasteiger partial charge < -0.3 is 4.98 Å². The van der Waals surface area contributed by atoms with Crippen LogP contribution in [0.1, 0.15) is 64.4 Å². The Bertz CT molecular complexity index is 456. The summed E-state index contributed by atoms with van der Waals surface area (Å²) in [5, 5.41) is 0. The molecule has 0 aliphatic heterocycles. The molecule has 19 heavy (non-hydrogen) atoms.